The first-order valence-electron chi connectivity index (χ1n) is 10.4. The predicted octanol–water partition coefficient (Wildman–Crippen LogP) is 2.57. The third kappa shape index (κ3) is 4.51. The highest BCUT2D eigenvalue weighted by atomic mass is 16.5. The van der Waals surface area contributed by atoms with Crippen molar-refractivity contribution < 1.29 is 9.84 Å². The second-order valence-corrected chi connectivity index (χ2v) is 7.36. The number of aromatic nitrogens is 7. The lowest BCUT2D eigenvalue weighted by Crippen LogP contribution is -2.03. The van der Waals surface area contributed by atoms with Gasteiger partial charge in [-0.1, -0.05) is 24.3 Å². The van der Waals surface area contributed by atoms with Crippen molar-refractivity contribution in [2.45, 2.75) is 6.54 Å². The van der Waals surface area contributed by atoms with E-state index >= 15 is 0 Å². The molecule has 0 bridgehead atoms. The van der Waals surface area contributed by atoms with Crippen molar-refractivity contribution in [1.82, 2.24) is 34.3 Å². The molecular weight excluding hydrogens is 420 g/mol. The number of imidazole rings is 1. The summed E-state index contributed by atoms with van der Waals surface area (Å²) in [6.07, 6.45) is 6.92. The van der Waals surface area contributed by atoms with Crippen LogP contribution in [0.1, 0.15) is 5.56 Å². The average Bonchev–Trinajstić information content (AvgIpc) is 3.48. The van der Waals surface area contributed by atoms with Crippen LogP contribution in [0, 0.1) is 0 Å². The lowest BCUT2D eigenvalue weighted by molar-refractivity contribution is 0.201. The van der Waals surface area contributed by atoms with Gasteiger partial charge in [-0.2, -0.15) is 15.0 Å². The van der Waals surface area contributed by atoms with Crippen molar-refractivity contribution in [2.75, 3.05) is 18.5 Å². The minimum atomic E-state index is -0.0343. The van der Waals surface area contributed by atoms with Gasteiger partial charge in [0.1, 0.15) is 35.8 Å². The number of aliphatic hydroxyl groups is 1. The van der Waals surface area contributed by atoms with Crippen LogP contribution < -0.4 is 10.1 Å². The molecule has 2 N–H and O–H groups in total. The molecule has 0 amide bonds. The number of anilines is 1. The van der Waals surface area contributed by atoms with Crippen molar-refractivity contribution in [3.05, 3.63) is 72.9 Å². The van der Waals surface area contributed by atoms with E-state index in [2.05, 4.69) is 42.6 Å². The Morgan fingerprint density at radius 1 is 1.00 bits per heavy atom. The normalized spacial score (nSPS) is 11.1. The molecule has 1 aromatic carbocycles. The van der Waals surface area contributed by atoms with Gasteiger partial charge < -0.3 is 15.2 Å². The van der Waals surface area contributed by atoms with Crippen LogP contribution in [0.15, 0.2) is 67.4 Å². The highest BCUT2D eigenvalue weighted by Gasteiger charge is 2.10. The fourth-order valence-electron chi connectivity index (χ4n) is 3.46. The number of hydrogen-bond acceptors (Lipinski definition) is 8. The van der Waals surface area contributed by atoms with Crippen LogP contribution in [0.4, 0.5) is 5.82 Å². The van der Waals surface area contributed by atoms with E-state index in [1.807, 2.05) is 40.9 Å². The molecule has 0 fully saturated rings. The quantitative estimate of drug-likeness (QED) is 0.377. The molecule has 0 aliphatic carbocycles. The molecule has 166 valence electrons. The number of aryl methyl sites for hydroxylation is 1. The molecule has 0 saturated carbocycles. The fourth-order valence-corrected chi connectivity index (χ4v) is 3.46. The van der Waals surface area contributed by atoms with Crippen LogP contribution in [0.5, 0.6) is 5.75 Å². The van der Waals surface area contributed by atoms with Gasteiger partial charge in [-0.15, -0.1) is 0 Å². The lowest BCUT2D eigenvalue weighted by Gasteiger charge is -2.08. The van der Waals surface area contributed by atoms with Gasteiger partial charge in [-0.3, -0.25) is 4.40 Å². The summed E-state index contributed by atoms with van der Waals surface area (Å²) in [5.74, 6) is 1.37. The van der Waals surface area contributed by atoms with E-state index in [9.17, 15) is 0 Å². The maximum absolute atomic E-state index is 8.92. The van der Waals surface area contributed by atoms with E-state index < -0.39 is 0 Å². The van der Waals surface area contributed by atoms with Crippen molar-refractivity contribution >= 4 is 11.5 Å². The lowest BCUT2D eigenvalue weighted by atomic mass is 10.1. The van der Waals surface area contributed by atoms with Gasteiger partial charge in [-0.05, 0) is 11.6 Å². The van der Waals surface area contributed by atoms with Gasteiger partial charge in [0.15, 0.2) is 0 Å². The summed E-state index contributed by atoms with van der Waals surface area (Å²) in [4.78, 5) is 14.8. The van der Waals surface area contributed by atoms with E-state index in [1.165, 1.54) is 6.33 Å². The molecule has 4 aromatic heterocycles. The minimum absolute atomic E-state index is 0.0343. The Labute approximate surface area is 189 Å². The molecular formula is C23H22N8O2. The van der Waals surface area contributed by atoms with E-state index in [0.717, 1.165) is 39.7 Å². The monoisotopic (exact) mass is 442 g/mol. The summed E-state index contributed by atoms with van der Waals surface area (Å²) < 4.78 is 7.39. The summed E-state index contributed by atoms with van der Waals surface area (Å²) in [6, 6.07) is 13.7. The van der Waals surface area contributed by atoms with Crippen LogP contribution >= 0.6 is 0 Å². The zero-order valence-corrected chi connectivity index (χ0v) is 18.0. The van der Waals surface area contributed by atoms with Crippen LogP contribution in [-0.4, -0.2) is 52.7 Å². The first-order valence-corrected chi connectivity index (χ1v) is 10.4. The van der Waals surface area contributed by atoms with Gasteiger partial charge in [0.2, 0.25) is 0 Å². The molecule has 4 heterocycles. The van der Waals surface area contributed by atoms with Crippen molar-refractivity contribution in [3.63, 3.8) is 0 Å². The van der Waals surface area contributed by atoms with E-state index in [4.69, 9.17) is 9.84 Å². The predicted molar refractivity (Wildman–Crippen MR) is 123 cm³/mol. The molecule has 0 unspecified atom stereocenters. The number of nitrogens with zero attached hydrogens (tertiary/aromatic N) is 7. The molecule has 5 aromatic rings. The fraction of sp³-hybridized carbons (Fsp3) is 0.174. The van der Waals surface area contributed by atoms with Crippen molar-refractivity contribution in [2.24, 2.45) is 7.05 Å². The number of benzene rings is 1. The molecule has 0 aliphatic heterocycles. The molecule has 0 aliphatic rings. The smallest absolute Gasteiger partial charge is 0.140 e. The maximum Gasteiger partial charge on any atom is 0.140 e. The SMILES string of the molecule is Cn1ncc(-c2ccc(CNc3cc(-c4cnc5cc(OCCO)ccn45)ncn3)cc2)n1. The number of aliphatic hydroxyl groups excluding tert-OH is 1. The van der Waals surface area contributed by atoms with E-state index in [0.29, 0.717) is 12.3 Å². The van der Waals surface area contributed by atoms with Crippen LogP contribution in [0.2, 0.25) is 0 Å². The van der Waals surface area contributed by atoms with E-state index in [-0.39, 0.29) is 13.2 Å². The maximum atomic E-state index is 8.92. The number of fused-ring (bicyclic) bond motifs is 1. The highest BCUT2D eigenvalue weighted by Crippen LogP contribution is 2.23. The van der Waals surface area contributed by atoms with Gasteiger partial charge in [0, 0.05) is 37.5 Å². The minimum Gasteiger partial charge on any atom is -0.491 e. The Hall–Kier alpha value is -4.31. The second kappa shape index (κ2) is 9.05. The first kappa shape index (κ1) is 20.6. The van der Waals surface area contributed by atoms with Crippen molar-refractivity contribution in [3.8, 4) is 28.4 Å². The average molecular weight is 442 g/mol. The molecule has 0 saturated heterocycles. The molecule has 0 atom stereocenters. The number of rotatable bonds is 8. The second-order valence-electron chi connectivity index (χ2n) is 7.36. The van der Waals surface area contributed by atoms with Gasteiger partial charge in [0.25, 0.3) is 0 Å². The Morgan fingerprint density at radius 3 is 2.67 bits per heavy atom. The van der Waals surface area contributed by atoms with Crippen molar-refractivity contribution in [1.29, 1.82) is 0 Å². The molecule has 0 radical (unpaired) electrons. The zero-order chi connectivity index (χ0) is 22.6. The molecule has 10 heteroatoms. The van der Waals surface area contributed by atoms with Crippen LogP contribution in [0.25, 0.3) is 28.3 Å². The van der Waals surface area contributed by atoms with Crippen LogP contribution in [0.3, 0.4) is 0 Å². The largest absolute Gasteiger partial charge is 0.491 e. The molecule has 5 rings (SSSR count). The van der Waals surface area contributed by atoms with E-state index in [1.54, 1.807) is 24.2 Å². The number of ether oxygens (including phenoxy) is 1. The third-order valence-electron chi connectivity index (χ3n) is 5.10. The summed E-state index contributed by atoms with van der Waals surface area (Å²) >= 11 is 0. The summed E-state index contributed by atoms with van der Waals surface area (Å²) in [6.45, 7) is 0.830. The molecule has 10 nitrogen and oxygen atoms in total. The standard InChI is InChI=1S/C23H22N8O2/c1-30-28-13-20(29-30)17-4-2-16(3-5-17)12-24-22-11-19(26-15-27-22)21-14-25-23-10-18(33-9-8-32)6-7-31(21)23/h2-7,10-11,13-15,32H,8-9,12H2,1H3,(H,24,26,27). The van der Waals surface area contributed by atoms with Gasteiger partial charge in [0.05, 0.1) is 30.4 Å². The molecule has 0 spiro atoms. The Morgan fingerprint density at radius 2 is 1.88 bits per heavy atom. The highest BCUT2D eigenvalue weighted by molar-refractivity contribution is 5.63. The Balaban J connectivity index is 1.29. The number of hydrogen-bond donors (Lipinski definition) is 2. The van der Waals surface area contributed by atoms with Crippen LogP contribution in [-0.2, 0) is 13.6 Å². The third-order valence-corrected chi connectivity index (χ3v) is 5.10. The summed E-state index contributed by atoms with van der Waals surface area (Å²) in [5.41, 5.74) is 5.32. The number of nitrogens with one attached hydrogen (secondary N) is 1. The Kier molecular flexibility index (Phi) is 5.64. The topological polar surface area (TPSA) is 115 Å². The first-order chi connectivity index (χ1) is 16.2. The molecule has 33 heavy (non-hydrogen) atoms. The zero-order valence-electron chi connectivity index (χ0n) is 18.0. The Bertz CT molecular complexity index is 1380. The van der Waals surface area contributed by atoms with Gasteiger partial charge in [-0.25, -0.2) is 15.0 Å². The number of pyridine rings is 1. The summed E-state index contributed by atoms with van der Waals surface area (Å²) in [5, 5.41) is 20.7. The summed E-state index contributed by atoms with van der Waals surface area (Å²) in [7, 11) is 1.80. The van der Waals surface area contributed by atoms with Gasteiger partial charge >= 0.3 is 0 Å².